The summed E-state index contributed by atoms with van der Waals surface area (Å²) in [6.45, 7) is 9.41. The van der Waals surface area contributed by atoms with E-state index in [-0.39, 0.29) is 11.8 Å². The number of piperidine rings is 1. The molecule has 0 radical (unpaired) electrons. The predicted octanol–water partition coefficient (Wildman–Crippen LogP) is 2.97. The Hall–Kier alpha value is -2.90. The molecule has 2 saturated heterocycles. The molecule has 0 spiro atoms. The maximum Gasteiger partial charge on any atom is 0.238 e. The van der Waals surface area contributed by atoms with Gasteiger partial charge >= 0.3 is 0 Å². The molecule has 2 N–H and O–H groups in total. The van der Waals surface area contributed by atoms with E-state index < -0.39 is 0 Å². The van der Waals surface area contributed by atoms with Crippen molar-refractivity contribution in [1.29, 1.82) is 0 Å². The molecule has 4 rings (SSSR count). The number of carbonyl (C=O) groups excluding carboxylic acids is 2. The van der Waals surface area contributed by atoms with Crippen molar-refractivity contribution in [2.45, 2.75) is 32.6 Å². The lowest BCUT2D eigenvalue weighted by Crippen LogP contribution is -2.53. The molecule has 0 bridgehead atoms. The minimum Gasteiger partial charge on any atom is -0.508 e. The van der Waals surface area contributed by atoms with Crippen molar-refractivity contribution in [3.63, 3.8) is 0 Å². The average Bonchev–Trinajstić information content (AvgIpc) is 2.83. The third-order valence-corrected chi connectivity index (χ3v) is 7.15. The Morgan fingerprint density at radius 2 is 1.44 bits per heavy atom. The molecule has 0 saturated carbocycles. The largest absolute Gasteiger partial charge is 0.508 e. The molecule has 34 heavy (non-hydrogen) atoms. The summed E-state index contributed by atoms with van der Waals surface area (Å²) in [4.78, 5) is 31.7. The van der Waals surface area contributed by atoms with Crippen molar-refractivity contribution in [3.05, 3.63) is 59.2 Å². The Morgan fingerprint density at radius 1 is 0.853 bits per heavy atom. The number of likely N-dealkylation sites (tertiary alicyclic amines) is 1. The molecular formula is C27H36N4O3. The summed E-state index contributed by atoms with van der Waals surface area (Å²) in [5.41, 5.74) is 4.30. The number of amides is 2. The summed E-state index contributed by atoms with van der Waals surface area (Å²) in [6, 6.07) is 13.5. The first kappa shape index (κ1) is 24.2. The summed E-state index contributed by atoms with van der Waals surface area (Å²) in [5.74, 6) is 0.968. The zero-order valence-corrected chi connectivity index (χ0v) is 20.3. The van der Waals surface area contributed by atoms with Crippen LogP contribution in [0.5, 0.6) is 5.75 Å². The number of hydrogen-bond donors (Lipinski definition) is 2. The zero-order valence-electron chi connectivity index (χ0n) is 20.3. The second-order valence-corrected chi connectivity index (χ2v) is 9.61. The number of rotatable bonds is 6. The molecular weight excluding hydrogens is 428 g/mol. The van der Waals surface area contributed by atoms with Crippen LogP contribution in [0.3, 0.4) is 0 Å². The van der Waals surface area contributed by atoms with Crippen LogP contribution >= 0.6 is 0 Å². The number of nitrogens with one attached hydrogen (secondary N) is 1. The second kappa shape index (κ2) is 11.0. The molecule has 2 aliphatic heterocycles. The topological polar surface area (TPSA) is 76.1 Å². The maximum atomic E-state index is 12.9. The van der Waals surface area contributed by atoms with Crippen LogP contribution in [0.4, 0.5) is 5.69 Å². The molecule has 2 aromatic rings. The normalized spacial score (nSPS) is 18.1. The predicted molar refractivity (Wildman–Crippen MR) is 134 cm³/mol. The van der Waals surface area contributed by atoms with Crippen LogP contribution in [0, 0.1) is 13.8 Å². The van der Waals surface area contributed by atoms with Crippen molar-refractivity contribution in [2.24, 2.45) is 0 Å². The summed E-state index contributed by atoms with van der Waals surface area (Å²) >= 11 is 0. The van der Waals surface area contributed by atoms with E-state index in [1.807, 2.05) is 49.1 Å². The maximum absolute atomic E-state index is 12.9. The molecule has 2 fully saturated rings. The number of para-hydroxylation sites is 1. The van der Waals surface area contributed by atoms with Gasteiger partial charge in [-0.1, -0.05) is 30.3 Å². The van der Waals surface area contributed by atoms with Gasteiger partial charge in [-0.15, -0.1) is 0 Å². The summed E-state index contributed by atoms with van der Waals surface area (Å²) in [6.07, 6.45) is 2.06. The van der Waals surface area contributed by atoms with Gasteiger partial charge < -0.3 is 15.3 Å². The van der Waals surface area contributed by atoms with Crippen LogP contribution in [0.2, 0.25) is 0 Å². The number of piperazine rings is 1. The van der Waals surface area contributed by atoms with Gasteiger partial charge in [-0.3, -0.25) is 19.4 Å². The monoisotopic (exact) mass is 464 g/mol. The highest BCUT2D eigenvalue weighted by atomic mass is 16.3. The number of aryl methyl sites for hydroxylation is 2. The fourth-order valence-corrected chi connectivity index (χ4v) is 5.01. The molecule has 2 aromatic carbocycles. The third-order valence-electron chi connectivity index (χ3n) is 7.15. The summed E-state index contributed by atoms with van der Waals surface area (Å²) < 4.78 is 0. The second-order valence-electron chi connectivity index (χ2n) is 9.61. The standard InChI is InChI=1S/C27H36N4O3/c1-20-4-3-5-21(2)27(20)28-25(33)18-30-14-16-31(17-15-30)26(34)19-29-12-10-23(11-13-29)22-6-8-24(32)9-7-22/h3-9,23,32H,10-19H2,1-2H3,(H,28,33). The smallest absolute Gasteiger partial charge is 0.238 e. The van der Waals surface area contributed by atoms with Gasteiger partial charge in [0.15, 0.2) is 0 Å². The first-order chi connectivity index (χ1) is 16.4. The Morgan fingerprint density at radius 3 is 2.06 bits per heavy atom. The molecule has 0 unspecified atom stereocenters. The van der Waals surface area contributed by atoms with E-state index in [9.17, 15) is 14.7 Å². The summed E-state index contributed by atoms with van der Waals surface area (Å²) in [7, 11) is 0. The molecule has 2 aliphatic rings. The quantitative estimate of drug-likeness (QED) is 0.688. The highest BCUT2D eigenvalue weighted by molar-refractivity contribution is 5.93. The molecule has 0 aromatic heterocycles. The fourth-order valence-electron chi connectivity index (χ4n) is 5.01. The van der Waals surface area contributed by atoms with Crippen molar-refractivity contribution < 1.29 is 14.7 Å². The highest BCUT2D eigenvalue weighted by Crippen LogP contribution is 2.29. The molecule has 2 heterocycles. The van der Waals surface area contributed by atoms with E-state index in [4.69, 9.17) is 0 Å². The number of anilines is 1. The van der Waals surface area contributed by atoms with Crippen LogP contribution in [0.15, 0.2) is 42.5 Å². The minimum absolute atomic E-state index is 0.00586. The van der Waals surface area contributed by atoms with Gasteiger partial charge in [0, 0.05) is 31.9 Å². The number of carbonyl (C=O) groups is 2. The van der Waals surface area contributed by atoms with Crippen molar-refractivity contribution in [3.8, 4) is 5.75 Å². The van der Waals surface area contributed by atoms with Crippen molar-refractivity contribution >= 4 is 17.5 Å². The molecule has 0 aliphatic carbocycles. The van der Waals surface area contributed by atoms with Crippen LogP contribution in [0.25, 0.3) is 0 Å². The number of aromatic hydroxyl groups is 1. The van der Waals surface area contributed by atoms with Gasteiger partial charge in [0.05, 0.1) is 13.1 Å². The SMILES string of the molecule is Cc1cccc(C)c1NC(=O)CN1CCN(C(=O)CN2CCC(c3ccc(O)cc3)CC2)CC1. The van der Waals surface area contributed by atoms with Gasteiger partial charge in [-0.05, 0) is 74.5 Å². The van der Waals surface area contributed by atoms with Gasteiger partial charge in [-0.2, -0.15) is 0 Å². The molecule has 182 valence electrons. The minimum atomic E-state index is -0.00586. The van der Waals surface area contributed by atoms with E-state index >= 15 is 0 Å². The van der Waals surface area contributed by atoms with Gasteiger partial charge in [0.2, 0.25) is 11.8 Å². The molecule has 7 nitrogen and oxygen atoms in total. The number of phenolic OH excluding ortho intramolecular Hbond substituents is 1. The number of phenols is 1. The van der Waals surface area contributed by atoms with Crippen LogP contribution in [-0.2, 0) is 9.59 Å². The van der Waals surface area contributed by atoms with Crippen LogP contribution < -0.4 is 5.32 Å². The Bertz CT molecular complexity index is 971. The van der Waals surface area contributed by atoms with Crippen LogP contribution in [0.1, 0.15) is 35.4 Å². The molecule has 7 heteroatoms. The van der Waals surface area contributed by atoms with E-state index in [2.05, 4.69) is 15.1 Å². The Kier molecular flexibility index (Phi) is 7.85. The lowest BCUT2D eigenvalue weighted by atomic mass is 9.89. The number of benzene rings is 2. The van der Waals surface area contributed by atoms with E-state index in [1.165, 1.54) is 5.56 Å². The lowest BCUT2D eigenvalue weighted by Gasteiger charge is -2.37. The lowest BCUT2D eigenvalue weighted by molar-refractivity contribution is -0.134. The number of hydrogen-bond acceptors (Lipinski definition) is 5. The molecule has 0 atom stereocenters. The first-order valence-electron chi connectivity index (χ1n) is 12.3. The van der Waals surface area contributed by atoms with Crippen molar-refractivity contribution in [1.82, 2.24) is 14.7 Å². The Balaban J connectivity index is 1.17. The van der Waals surface area contributed by atoms with Gasteiger partial charge in [-0.25, -0.2) is 0 Å². The first-order valence-corrected chi connectivity index (χ1v) is 12.3. The van der Waals surface area contributed by atoms with Gasteiger partial charge in [0.25, 0.3) is 0 Å². The third kappa shape index (κ3) is 6.15. The van der Waals surface area contributed by atoms with Crippen molar-refractivity contribution in [2.75, 3.05) is 57.7 Å². The average molecular weight is 465 g/mol. The van der Waals surface area contributed by atoms with E-state index in [0.717, 1.165) is 55.8 Å². The van der Waals surface area contributed by atoms with Crippen LogP contribution in [-0.4, -0.2) is 84.0 Å². The number of nitrogens with zero attached hydrogens (tertiary/aromatic N) is 3. The van der Waals surface area contributed by atoms with E-state index in [1.54, 1.807) is 12.1 Å². The zero-order chi connectivity index (χ0) is 24.1. The van der Waals surface area contributed by atoms with E-state index in [0.29, 0.717) is 37.8 Å². The van der Waals surface area contributed by atoms with Gasteiger partial charge in [0.1, 0.15) is 5.75 Å². The fraction of sp³-hybridized carbons (Fsp3) is 0.481. The Labute approximate surface area is 202 Å². The summed E-state index contributed by atoms with van der Waals surface area (Å²) in [5, 5.41) is 12.5. The highest BCUT2D eigenvalue weighted by Gasteiger charge is 2.26. The molecule has 2 amide bonds.